The molecule has 0 aromatic rings. The van der Waals surface area contributed by atoms with E-state index in [0.29, 0.717) is 32.5 Å². The molecule has 0 saturated heterocycles. The Morgan fingerprint density at radius 3 is 1.35 bits per heavy atom. The van der Waals surface area contributed by atoms with Crippen molar-refractivity contribution in [3.8, 4) is 0 Å². The minimum absolute atomic E-state index is 0.0173. The molecular weight excluding hydrogens is 602 g/mol. The Balaban J connectivity index is 1.47. The first kappa shape index (κ1) is 42.5. The molecule has 0 aromatic carbocycles. The molecule has 2 rings (SSSR count). The van der Waals surface area contributed by atoms with Crippen LogP contribution in [0.5, 0.6) is 0 Å². The molecule has 0 amide bonds. The number of rotatable bonds is 31. The molecule has 7 nitrogen and oxygen atoms in total. The maximum absolute atomic E-state index is 12.5. The Morgan fingerprint density at radius 2 is 0.917 bits per heavy atom. The Bertz CT molecular complexity index is 753. The third kappa shape index (κ3) is 24.5. The topological polar surface area (TPSA) is 82.1 Å². The van der Waals surface area contributed by atoms with Crippen LogP contribution in [0.1, 0.15) is 193 Å². The molecule has 2 aliphatic rings. The van der Waals surface area contributed by atoms with Crippen molar-refractivity contribution < 1.29 is 28.6 Å². The fraction of sp³-hybridized carbons (Fsp3) is 0.927. The van der Waals surface area contributed by atoms with Crippen LogP contribution in [0, 0.1) is 11.8 Å². The van der Waals surface area contributed by atoms with Crippen LogP contribution < -0.4 is 0 Å². The van der Waals surface area contributed by atoms with Gasteiger partial charge in [0.15, 0.2) is 0 Å². The fourth-order valence-electron chi connectivity index (χ4n) is 7.60. The molecule has 0 bridgehead atoms. The van der Waals surface area contributed by atoms with E-state index in [9.17, 15) is 14.4 Å². The second-order valence-corrected chi connectivity index (χ2v) is 15.4. The molecule has 0 unspecified atom stereocenters. The Kier molecular flexibility index (Phi) is 25.8. The van der Waals surface area contributed by atoms with Crippen LogP contribution in [0.25, 0.3) is 0 Å². The molecule has 2 saturated carbocycles. The van der Waals surface area contributed by atoms with E-state index in [2.05, 4.69) is 4.90 Å². The molecule has 0 aromatic heterocycles. The van der Waals surface area contributed by atoms with Gasteiger partial charge in [0.2, 0.25) is 0 Å². The lowest BCUT2D eigenvalue weighted by molar-refractivity contribution is -0.150. The zero-order valence-corrected chi connectivity index (χ0v) is 31.5. The molecule has 0 atom stereocenters. The van der Waals surface area contributed by atoms with Gasteiger partial charge in [-0.1, -0.05) is 103 Å². The molecule has 2 fully saturated rings. The van der Waals surface area contributed by atoms with Crippen LogP contribution in [0.15, 0.2) is 0 Å². The molecule has 2 aliphatic carbocycles. The van der Waals surface area contributed by atoms with Crippen molar-refractivity contribution in [1.29, 1.82) is 0 Å². The molecule has 48 heavy (non-hydrogen) atoms. The summed E-state index contributed by atoms with van der Waals surface area (Å²) in [6.07, 6.45) is 32.7. The summed E-state index contributed by atoms with van der Waals surface area (Å²) in [6.45, 7) is 2.08. The lowest BCUT2D eigenvalue weighted by atomic mass is 10.0. The number of hydrogen-bond donors (Lipinski definition) is 0. The van der Waals surface area contributed by atoms with Crippen LogP contribution in [0.4, 0.5) is 0 Å². The Morgan fingerprint density at radius 1 is 0.521 bits per heavy atom. The van der Waals surface area contributed by atoms with Gasteiger partial charge in [0.1, 0.15) is 6.10 Å². The van der Waals surface area contributed by atoms with Gasteiger partial charge in [-0.15, -0.1) is 0 Å². The molecule has 0 spiro atoms. The molecule has 280 valence electrons. The van der Waals surface area contributed by atoms with E-state index in [1.165, 1.54) is 64.2 Å². The summed E-state index contributed by atoms with van der Waals surface area (Å²) in [6, 6.07) is 0. The van der Waals surface area contributed by atoms with Gasteiger partial charge >= 0.3 is 17.9 Å². The predicted octanol–water partition coefficient (Wildman–Crippen LogP) is 10.5. The average Bonchev–Trinajstić information content (AvgIpc) is 3.78. The maximum Gasteiger partial charge on any atom is 0.306 e. The Labute approximate surface area is 295 Å². The van der Waals surface area contributed by atoms with E-state index >= 15 is 0 Å². The van der Waals surface area contributed by atoms with E-state index in [4.69, 9.17) is 14.2 Å². The SMILES string of the molecule is CN(C)CCCC(=O)OC(CCCCCCCCC(=O)OCCCC1CCCC1)CCCCCCCCC(=O)OCCCC1CCCC1. The molecule has 7 heteroatoms. The van der Waals surface area contributed by atoms with Crippen LogP contribution in [-0.2, 0) is 28.6 Å². The van der Waals surface area contributed by atoms with Gasteiger partial charge in [0.25, 0.3) is 0 Å². The van der Waals surface area contributed by atoms with E-state index in [1.54, 1.807) is 0 Å². The van der Waals surface area contributed by atoms with Crippen molar-refractivity contribution >= 4 is 17.9 Å². The van der Waals surface area contributed by atoms with Gasteiger partial charge in [0, 0.05) is 19.3 Å². The fourth-order valence-corrected chi connectivity index (χ4v) is 7.60. The normalized spacial score (nSPS) is 15.5. The summed E-state index contributed by atoms with van der Waals surface area (Å²) in [7, 11) is 4.06. The molecule has 0 heterocycles. The second kappa shape index (κ2) is 29.1. The number of carbonyl (C=O) groups is 3. The van der Waals surface area contributed by atoms with Gasteiger partial charge in [-0.05, 0) is 103 Å². The second-order valence-electron chi connectivity index (χ2n) is 15.4. The van der Waals surface area contributed by atoms with Crippen LogP contribution in [0.2, 0.25) is 0 Å². The number of nitrogens with zero attached hydrogens (tertiary/aromatic N) is 1. The summed E-state index contributed by atoms with van der Waals surface area (Å²) < 4.78 is 16.8. The van der Waals surface area contributed by atoms with Crippen molar-refractivity contribution in [2.75, 3.05) is 33.9 Å². The maximum atomic E-state index is 12.5. The quantitative estimate of drug-likeness (QED) is 0.0410. The third-order valence-corrected chi connectivity index (χ3v) is 10.6. The summed E-state index contributed by atoms with van der Waals surface area (Å²) >= 11 is 0. The molecule has 0 N–H and O–H groups in total. The molecule has 0 radical (unpaired) electrons. The highest BCUT2D eigenvalue weighted by atomic mass is 16.5. The number of esters is 3. The zero-order chi connectivity index (χ0) is 34.5. The van der Waals surface area contributed by atoms with Gasteiger partial charge in [-0.25, -0.2) is 0 Å². The highest BCUT2D eigenvalue weighted by molar-refractivity contribution is 5.70. The first-order valence-corrected chi connectivity index (χ1v) is 20.6. The van der Waals surface area contributed by atoms with Crippen molar-refractivity contribution in [2.45, 2.75) is 199 Å². The largest absolute Gasteiger partial charge is 0.466 e. The first-order valence-electron chi connectivity index (χ1n) is 20.6. The van der Waals surface area contributed by atoms with E-state index in [1.807, 2.05) is 14.1 Å². The summed E-state index contributed by atoms with van der Waals surface area (Å²) in [4.78, 5) is 38.7. The van der Waals surface area contributed by atoms with Crippen LogP contribution in [0.3, 0.4) is 0 Å². The van der Waals surface area contributed by atoms with Gasteiger partial charge < -0.3 is 19.1 Å². The highest BCUT2D eigenvalue weighted by Crippen LogP contribution is 2.29. The highest BCUT2D eigenvalue weighted by Gasteiger charge is 2.17. The van der Waals surface area contributed by atoms with E-state index < -0.39 is 0 Å². The molecule has 0 aliphatic heterocycles. The predicted molar refractivity (Wildman–Crippen MR) is 196 cm³/mol. The average molecular weight is 678 g/mol. The van der Waals surface area contributed by atoms with E-state index in [0.717, 1.165) is 128 Å². The number of unbranched alkanes of at least 4 members (excludes halogenated alkanes) is 10. The van der Waals surface area contributed by atoms with Crippen molar-refractivity contribution in [1.82, 2.24) is 4.90 Å². The monoisotopic (exact) mass is 678 g/mol. The number of carbonyl (C=O) groups excluding carboxylic acids is 3. The van der Waals surface area contributed by atoms with Crippen molar-refractivity contribution in [3.05, 3.63) is 0 Å². The van der Waals surface area contributed by atoms with Crippen LogP contribution >= 0.6 is 0 Å². The molecular formula is C41H75NO6. The van der Waals surface area contributed by atoms with Crippen LogP contribution in [-0.4, -0.2) is 62.8 Å². The smallest absolute Gasteiger partial charge is 0.306 e. The number of ether oxygens (including phenoxy) is 3. The van der Waals surface area contributed by atoms with E-state index in [-0.39, 0.29) is 24.0 Å². The van der Waals surface area contributed by atoms with Crippen molar-refractivity contribution in [3.63, 3.8) is 0 Å². The first-order chi connectivity index (χ1) is 23.4. The summed E-state index contributed by atoms with van der Waals surface area (Å²) in [5.41, 5.74) is 0. The summed E-state index contributed by atoms with van der Waals surface area (Å²) in [5, 5.41) is 0. The lowest BCUT2D eigenvalue weighted by Gasteiger charge is -2.18. The number of hydrogen-bond acceptors (Lipinski definition) is 7. The minimum Gasteiger partial charge on any atom is -0.466 e. The Hall–Kier alpha value is -1.63. The van der Waals surface area contributed by atoms with Gasteiger partial charge in [-0.3, -0.25) is 14.4 Å². The minimum atomic E-state index is -0.0577. The third-order valence-electron chi connectivity index (χ3n) is 10.6. The lowest BCUT2D eigenvalue weighted by Crippen LogP contribution is -2.20. The zero-order valence-electron chi connectivity index (χ0n) is 31.5. The van der Waals surface area contributed by atoms with Gasteiger partial charge in [-0.2, -0.15) is 0 Å². The van der Waals surface area contributed by atoms with Crippen molar-refractivity contribution in [2.24, 2.45) is 11.8 Å². The standard InChI is InChI=1S/C41H75NO6/c1-42(2)33-19-32-41(45)48-38(28-11-7-3-5-9-13-30-39(43)46-34-20-26-36-22-15-16-23-36)29-12-8-4-6-10-14-31-40(44)47-35-21-27-37-24-17-18-25-37/h36-38H,3-35H2,1-2H3. The van der Waals surface area contributed by atoms with Gasteiger partial charge in [0.05, 0.1) is 13.2 Å². The summed E-state index contributed by atoms with van der Waals surface area (Å²) in [5.74, 6) is 1.61.